The number of anilines is 2. The third-order valence-corrected chi connectivity index (χ3v) is 7.57. The molecule has 0 radical (unpaired) electrons. The first-order valence-electron chi connectivity index (χ1n) is 12.9. The van der Waals surface area contributed by atoms with Gasteiger partial charge in [-0.15, -0.1) is 0 Å². The van der Waals surface area contributed by atoms with Crippen LogP contribution in [0.1, 0.15) is 38.3 Å². The summed E-state index contributed by atoms with van der Waals surface area (Å²) in [5, 5.41) is 23.2. The first-order valence-corrected chi connectivity index (χ1v) is 13.3. The van der Waals surface area contributed by atoms with Gasteiger partial charge in [-0.2, -0.15) is 0 Å². The molecule has 0 aliphatic carbocycles. The lowest BCUT2D eigenvalue weighted by atomic mass is 9.86. The molecule has 2 amide bonds. The van der Waals surface area contributed by atoms with Gasteiger partial charge < -0.3 is 20.4 Å². The zero-order chi connectivity index (χ0) is 30.2. The van der Waals surface area contributed by atoms with Gasteiger partial charge in [-0.05, 0) is 66.1 Å². The molecule has 1 atom stereocenters. The smallest absolute Gasteiger partial charge is 0.284 e. The number of halogens is 4. The van der Waals surface area contributed by atoms with Crippen molar-refractivity contribution in [2.75, 3.05) is 23.4 Å². The molecule has 0 saturated carbocycles. The summed E-state index contributed by atoms with van der Waals surface area (Å²) in [4.78, 5) is 31.8. The van der Waals surface area contributed by atoms with E-state index < -0.39 is 48.7 Å². The fourth-order valence-corrected chi connectivity index (χ4v) is 5.18. The lowest BCUT2D eigenvalue weighted by Gasteiger charge is -2.33. The summed E-state index contributed by atoms with van der Waals surface area (Å²) >= 11 is 6.01. The fourth-order valence-electron chi connectivity index (χ4n) is 5.01. The van der Waals surface area contributed by atoms with Crippen molar-refractivity contribution in [1.29, 1.82) is 0 Å². The minimum Gasteiger partial charge on any atom is -0.393 e. The third kappa shape index (κ3) is 5.24. The topological polar surface area (TPSA) is 103 Å². The highest BCUT2D eigenvalue weighted by Gasteiger charge is 2.56. The van der Waals surface area contributed by atoms with Gasteiger partial charge in [0.25, 0.3) is 17.7 Å². The van der Waals surface area contributed by atoms with Crippen molar-refractivity contribution in [1.82, 2.24) is 4.98 Å². The van der Waals surface area contributed by atoms with Gasteiger partial charge in [0.2, 0.25) is 0 Å². The number of aromatic nitrogens is 1. The van der Waals surface area contributed by atoms with Gasteiger partial charge in [-0.25, -0.2) is 18.2 Å². The molecule has 0 fully saturated rings. The molecule has 0 saturated heterocycles. The minimum atomic E-state index is -3.77. The van der Waals surface area contributed by atoms with Crippen molar-refractivity contribution < 1.29 is 33.0 Å². The van der Waals surface area contributed by atoms with Crippen molar-refractivity contribution in [2.45, 2.75) is 24.9 Å². The Morgan fingerprint density at radius 3 is 2.50 bits per heavy atom. The highest BCUT2D eigenvalue weighted by atomic mass is 35.5. The van der Waals surface area contributed by atoms with Crippen LogP contribution in [0, 0.1) is 12.7 Å². The number of rotatable bonds is 5. The lowest BCUT2D eigenvalue weighted by molar-refractivity contribution is -0.205. The summed E-state index contributed by atoms with van der Waals surface area (Å²) < 4.78 is 44.1. The number of pyridine rings is 1. The van der Waals surface area contributed by atoms with E-state index in [0.29, 0.717) is 5.56 Å². The summed E-state index contributed by atoms with van der Waals surface area (Å²) in [5.41, 5.74) is -1.10. The van der Waals surface area contributed by atoms with E-state index in [9.17, 15) is 33.0 Å². The number of alkyl halides is 2. The Morgan fingerprint density at radius 2 is 1.81 bits per heavy atom. The molecule has 1 aliphatic rings. The predicted octanol–water partition coefficient (Wildman–Crippen LogP) is 5.97. The van der Waals surface area contributed by atoms with E-state index in [4.69, 9.17) is 11.6 Å². The van der Waals surface area contributed by atoms with Gasteiger partial charge in [-0.1, -0.05) is 41.9 Å². The van der Waals surface area contributed by atoms with Crippen molar-refractivity contribution >= 4 is 34.9 Å². The first kappa shape index (κ1) is 29.2. The van der Waals surface area contributed by atoms with E-state index in [1.54, 1.807) is 0 Å². The fraction of sp³-hybridized carbons (Fsp3) is 0.194. The maximum absolute atomic E-state index is 15.0. The Labute approximate surface area is 244 Å². The van der Waals surface area contributed by atoms with Crippen LogP contribution in [0.2, 0.25) is 5.02 Å². The molecule has 7 nitrogen and oxygen atoms in total. The molecular weight excluding hydrogens is 571 g/mol. The van der Waals surface area contributed by atoms with Crippen molar-refractivity contribution in [3.05, 3.63) is 112 Å². The van der Waals surface area contributed by atoms with Crippen LogP contribution in [0.3, 0.4) is 0 Å². The number of amides is 2. The number of hydrogen-bond donors (Lipinski definition) is 3. The molecule has 3 aromatic carbocycles. The Morgan fingerprint density at radius 1 is 1.05 bits per heavy atom. The average molecular weight is 596 g/mol. The van der Waals surface area contributed by atoms with Crippen LogP contribution in [0.4, 0.5) is 24.7 Å². The molecule has 42 heavy (non-hydrogen) atoms. The van der Waals surface area contributed by atoms with Gasteiger partial charge in [0.15, 0.2) is 5.60 Å². The second-order valence-electron chi connectivity index (χ2n) is 9.98. The highest BCUT2D eigenvalue weighted by molar-refractivity contribution is 6.30. The molecule has 0 bridgehead atoms. The summed E-state index contributed by atoms with van der Waals surface area (Å²) in [6.07, 6.45) is 0.239. The van der Waals surface area contributed by atoms with Gasteiger partial charge >= 0.3 is 0 Å². The van der Waals surface area contributed by atoms with Crippen molar-refractivity contribution in [3.8, 4) is 11.1 Å². The Kier molecular flexibility index (Phi) is 7.80. The SMILES string of the molecule is Cc1ccccc1-c1ccc(F)cc1C(=O)Nc1ccc(C(=O)N2CCC(F)(F)[C@](O)(CO)c3cc(Cl)ccc32)cn1. The average Bonchev–Trinajstić information content (AvgIpc) is 3.05. The monoisotopic (exact) mass is 595 g/mol. The molecule has 2 heterocycles. The van der Waals surface area contributed by atoms with E-state index >= 15 is 0 Å². The van der Waals surface area contributed by atoms with E-state index in [1.807, 2.05) is 31.2 Å². The highest BCUT2D eigenvalue weighted by Crippen LogP contribution is 2.47. The Hall–Kier alpha value is -4.25. The first-order chi connectivity index (χ1) is 19.9. The normalized spacial score (nSPS) is 17.7. The minimum absolute atomic E-state index is 0.0120. The molecule has 3 N–H and O–H groups in total. The molecule has 0 unspecified atom stereocenters. The number of nitrogens with zero attached hydrogens (tertiary/aromatic N) is 2. The number of fused-ring (bicyclic) bond motifs is 1. The van der Waals surface area contributed by atoms with E-state index in [1.165, 1.54) is 42.6 Å². The molecule has 0 spiro atoms. The molecule has 5 rings (SSSR count). The molecule has 11 heteroatoms. The van der Waals surface area contributed by atoms with Gasteiger partial charge in [0.05, 0.1) is 23.4 Å². The lowest BCUT2D eigenvalue weighted by Crippen LogP contribution is -2.48. The van der Waals surface area contributed by atoms with E-state index in [0.717, 1.165) is 28.2 Å². The van der Waals surface area contributed by atoms with Crippen LogP contribution in [-0.2, 0) is 5.60 Å². The number of nitrogens with one attached hydrogen (secondary N) is 1. The molecule has 1 aliphatic heterocycles. The number of aliphatic hydroxyl groups is 2. The Bertz CT molecular complexity index is 1680. The zero-order valence-electron chi connectivity index (χ0n) is 22.2. The number of aryl methyl sites for hydroxylation is 1. The second-order valence-corrected chi connectivity index (χ2v) is 10.4. The van der Waals surface area contributed by atoms with Crippen LogP contribution in [0.15, 0.2) is 79.0 Å². The number of hydrogen-bond acceptors (Lipinski definition) is 5. The van der Waals surface area contributed by atoms with Gasteiger partial charge in [0.1, 0.15) is 11.6 Å². The number of aliphatic hydroxyl groups excluding tert-OH is 1. The molecule has 1 aromatic heterocycles. The summed E-state index contributed by atoms with van der Waals surface area (Å²) in [6, 6.07) is 17.8. The van der Waals surface area contributed by atoms with Crippen molar-refractivity contribution in [2.24, 2.45) is 0 Å². The summed E-state index contributed by atoms with van der Waals surface area (Å²) in [5.74, 6) is -5.61. The summed E-state index contributed by atoms with van der Waals surface area (Å²) in [6.45, 7) is 0.116. The molecular formula is C31H25ClF3N3O4. The third-order valence-electron chi connectivity index (χ3n) is 7.34. The maximum Gasteiger partial charge on any atom is 0.284 e. The van der Waals surface area contributed by atoms with Crippen LogP contribution < -0.4 is 10.2 Å². The summed E-state index contributed by atoms with van der Waals surface area (Å²) in [7, 11) is 0. The van der Waals surface area contributed by atoms with Gasteiger partial charge in [-0.3, -0.25) is 9.59 Å². The standard InChI is InChI=1S/C31H25ClF3N3O4/c1-18-4-2-3-5-22(18)23-9-8-21(33)15-24(23)28(40)37-27-11-6-19(16-36-27)29(41)38-13-12-31(34,35)30(42,17-39)25-14-20(32)7-10-26(25)38/h2-11,14-16,39,42H,12-13,17H2,1H3,(H,36,37,40)/t30-/m0/s1. The van der Waals surface area contributed by atoms with Crippen molar-refractivity contribution in [3.63, 3.8) is 0 Å². The van der Waals surface area contributed by atoms with Crippen LogP contribution in [-0.4, -0.2) is 46.1 Å². The quantitative estimate of drug-likeness (QED) is 0.264. The number of carbonyl (C=O) groups is 2. The van der Waals surface area contributed by atoms with E-state index in [2.05, 4.69) is 10.3 Å². The zero-order valence-corrected chi connectivity index (χ0v) is 23.0. The largest absolute Gasteiger partial charge is 0.393 e. The molecule has 4 aromatic rings. The van der Waals surface area contributed by atoms with Crippen LogP contribution >= 0.6 is 11.6 Å². The predicted molar refractivity (Wildman–Crippen MR) is 152 cm³/mol. The molecule has 216 valence electrons. The van der Waals surface area contributed by atoms with Crippen LogP contribution in [0.5, 0.6) is 0 Å². The maximum atomic E-state index is 15.0. The van der Waals surface area contributed by atoms with E-state index in [-0.39, 0.29) is 33.2 Å². The number of benzene rings is 3. The van der Waals surface area contributed by atoms with Crippen LogP contribution in [0.25, 0.3) is 11.1 Å². The second kappa shape index (κ2) is 11.2. The number of carbonyl (C=O) groups excluding carboxylic acids is 2. The van der Waals surface area contributed by atoms with Gasteiger partial charge in [0, 0.05) is 29.7 Å². The Balaban J connectivity index is 1.42.